The number of rotatable bonds is 8. The molecule has 0 saturated carbocycles. The quantitative estimate of drug-likeness (QED) is 0.503. The molecule has 0 atom stereocenters. The highest BCUT2D eigenvalue weighted by molar-refractivity contribution is 7.04. The van der Waals surface area contributed by atoms with Crippen LogP contribution < -0.4 is 37.7 Å². The summed E-state index contributed by atoms with van der Waals surface area (Å²) in [6.45, 7) is 2.51. The normalized spacial score (nSPS) is 10.2. The van der Waals surface area contributed by atoms with E-state index in [0.29, 0.717) is 35.9 Å². The van der Waals surface area contributed by atoms with E-state index in [9.17, 15) is 4.79 Å². The minimum atomic E-state index is -0.0976. The number of amides is 1. The van der Waals surface area contributed by atoms with Crippen molar-refractivity contribution in [3.63, 3.8) is 0 Å². The van der Waals surface area contributed by atoms with Gasteiger partial charge in [-0.25, -0.2) is 0 Å². The van der Waals surface area contributed by atoms with Crippen LogP contribution in [0.4, 0.5) is 5.69 Å². The molecule has 166 valence electrons. The minimum absolute atomic E-state index is 0. The monoisotopic (exact) mass is 463 g/mol. The van der Waals surface area contributed by atoms with Gasteiger partial charge in [-0.05, 0) is 53.8 Å². The second kappa shape index (κ2) is 11.0. The predicted octanol–water partition coefficient (Wildman–Crippen LogP) is 0.386. The van der Waals surface area contributed by atoms with Crippen molar-refractivity contribution in [1.82, 2.24) is 4.37 Å². The number of ether oxygens (including phenoxy) is 3. The van der Waals surface area contributed by atoms with Crippen molar-refractivity contribution >= 4 is 23.1 Å². The van der Waals surface area contributed by atoms with E-state index in [-0.39, 0.29) is 18.3 Å². The fourth-order valence-electron chi connectivity index (χ4n) is 3.29. The second-order valence-electron chi connectivity index (χ2n) is 6.67. The molecule has 0 spiro atoms. The van der Waals surface area contributed by atoms with Crippen LogP contribution in [0.1, 0.15) is 12.0 Å². The van der Waals surface area contributed by atoms with Crippen LogP contribution in [0.15, 0.2) is 35.7 Å². The molecule has 4 N–H and O–H groups in total. The summed E-state index contributed by atoms with van der Waals surface area (Å²) in [5.74, 6) is 1.86. The van der Waals surface area contributed by atoms with E-state index in [1.165, 1.54) is 11.5 Å². The van der Waals surface area contributed by atoms with Gasteiger partial charge in [0.2, 0.25) is 5.91 Å². The number of methoxy groups -OCH3 is 3. The predicted molar refractivity (Wildman–Crippen MR) is 118 cm³/mol. The first-order valence-corrected chi connectivity index (χ1v) is 10.3. The lowest BCUT2D eigenvalue weighted by atomic mass is 9.99. The van der Waals surface area contributed by atoms with E-state index in [1.54, 1.807) is 21.3 Å². The number of benzene rings is 2. The van der Waals surface area contributed by atoms with Crippen molar-refractivity contribution in [3.8, 4) is 39.6 Å². The molecule has 0 aliphatic carbocycles. The number of aryl methyl sites for hydroxylation is 1. The third-order valence-corrected chi connectivity index (χ3v) is 5.33. The molecular formula is C22H26ClN3O4S. The lowest BCUT2D eigenvalue weighted by Crippen LogP contribution is -3.00. The second-order valence-corrected chi connectivity index (χ2v) is 7.30. The molecule has 0 bridgehead atoms. The first-order chi connectivity index (χ1) is 14.5. The molecular weight excluding hydrogens is 438 g/mol. The lowest BCUT2D eigenvalue weighted by molar-refractivity contribution is -0.365. The van der Waals surface area contributed by atoms with Crippen LogP contribution in [-0.4, -0.2) is 38.2 Å². The first kappa shape index (κ1) is 24.5. The molecule has 2 aromatic carbocycles. The Hall–Kier alpha value is -2.81. The van der Waals surface area contributed by atoms with Crippen LogP contribution in [0.2, 0.25) is 0 Å². The summed E-state index contributed by atoms with van der Waals surface area (Å²) in [4.78, 5) is 12.1. The molecule has 7 nitrogen and oxygen atoms in total. The van der Waals surface area contributed by atoms with Crippen molar-refractivity contribution in [3.05, 3.63) is 41.3 Å². The van der Waals surface area contributed by atoms with Crippen molar-refractivity contribution in [2.45, 2.75) is 13.3 Å². The molecule has 0 aliphatic heterocycles. The van der Waals surface area contributed by atoms with Crippen LogP contribution in [-0.2, 0) is 4.79 Å². The molecule has 31 heavy (non-hydrogen) atoms. The maximum absolute atomic E-state index is 12.1. The van der Waals surface area contributed by atoms with Gasteiger partial charge < -0.3 is 37.7 Å². The minimum Gasteiger partial charge on any atom is -1.00 e. The molecule has 0 aliphatic rings. The van der Waals surface area contributed by atoms with Crippen LogP contribution in [0.5, 0.6) is 17.2 Å². The highest BCUT2D eigenvalue weighted by atomic mass is 35.5. The molecule has 9 heteroatoms. The van der Waals surface area contributed by atoms with Crippen molar-refractivity contribution in [2.24, 2.45) is 0 Å². The third kappa shape index (κ3) is 5.28. The average Bonchev–Trinajstić information content (AvgIpc) is 3.23. The number of carbonyl (C=O) groups is 1. The average molecular weight is 464 g/mol. The number of quaternary nitrogens is 1. The summed E-state index contributed by atoms with van der Waals surface area (Å²) in [5.41, 5.74) is 8.96. The number of anilines is 1. The van der Waals surface area contributed by atoms with Crippen molar-refractivity contribution in [1.29, 1.82) is 0 Å². The van der Waals surface area contributed by atoms with Gasteiger partial charge in [-0.3, -0.25) is 4.79 Å². The van der Waals surface area contributed by atoms with Gasteiger partial charge in [-0.2, -0.15) is 4.37 Å². The number of carbonyl (C=O) groups excluding carboxylic acids is 1. The molecule has 1 aromatic heterocycles. The first-order valence-electron chi connectivity index (χ1n) is 9.47. The summed E-state index contributed by atoms with van der Waals surface area (Å²) in [6.07, 6.45) is 0.351. The van der Waals surface area contributed by atoms with E-state index in [1.807, 2.05) is 42.6 Å². The number of halogens is 1. The van der Waals surface area contributed by atoms with Crippen molar-refractivity contribution in [2.75, 3.05) is 33.2 Å². The number of hydrogen-bond donors (Lipinski definition) is 2. The third-order valence-electron chi connectivity index (χ3n) is 4.70. The Bertz CT molecular complexity index is 1060. The number of aromatic nitrogens is 1. The van der Waals surface area contributed by atoms with Crippen LogP contribution in [0.3, 0.4) is 0 Å². The van der Waals surface area contributed by atoms with Gasteiger partial charge in [-0.1, -0.05) is 6.07 Å². The Morgan fingerprint density at radius 2 is 1.81 bits per heavy atom. The maximum atomic E-state index is 12.1. The van der Waals surface area contributed by atoms with E-state index >= 15 is 0 Å². The molecule has 1 heterocycles. The largest absolute Gasteiger partial charge is 1.00 e. The van der Waals surface area contributed by atoms with E-state index in [0.717, 1.165) is 27.9 Å². The summed E-state index contributed by atoms with van der Waals surface area (Å²) < 4.78 is 21.0. The lowest BCUT2D eigenvalue weighted by Gasteiger charge is -2.14. The van der Waals surface area contributed by atoms with Gasteiger partial charge in [0.1, 0.15) is 5.75 Å². The topological polar surface area (TPSA) is 97.3 Å². The fourth-order valence-corrected chi connectivity index (χ4v) is 4.00. The summed E-state index contributed by atoms with van der Waals surface area (Å²) in [5, 5.41) is 4.90. The summed E-state index contributed by atoms with van der Waals surface area (Å²) in [7, 11) is 4.82. The zero-order valence-electron chi connectivity index (χ0n) is 18.0. The standard InChI is InChI=1S/C22H25N3O4S.ClH/c1-13-9-15(11-19(28-3)22(13)29-4)21-16(12-30-25-21)14-5-6-18(27-2)17(10-14)24-20(26)7-8-23;/h5-6,9-12H,7-8,23H2,1-4H3,(H,24,26);1H. The smallest absolute Gasteiger partial charge is 0.230 e. The summed E-state index contributed by atoms with van der Waals surface area (Å²) >= 11 is 1.37. The van der Waals surface area contributed by atoms with E-state index in [4.69, 9.17) is 14.2 Å². The number of hydrogen-bond acceptors (Lipinski definition) is 6. The molecule has 3 rings (SSSR count). The Labute approximate surface area is 192 Å². The van der Waals surface area contributed by atoms with Gasteiger partial charge in [-0.15, -0.1) is 0 Å². The Kier molecular flexibility index (Phi) is 8.67. The molecule has 0 fully saturated rings. The van der Waals surface area contributed by atoms with Crippen LogP contribution in [0, 0.1) is 6.92 Å². The zero-order valence-corrected chi connectivity index (χ0v) is 19.5. The molecule has 3 aromatic rings. The number of nitrogens with one attached hydrogen (secondary N) is 1. The van der Waals surface area contributed by atoms with Gasteiger partial charge in [0.15, 0.2) is 11.5 Å². The SMILES string of the molecule is COc1ccc(-c2csnc2-c2cc(C)c(OC)c(OC)c2)cc1NC(=O)CC[NH3+].[Cl-]. The molecule has 0 saturated heterocycles. The highest BCUT2D eigenvalue weighted by Crippen LogP contribution is 2.40. The Morgan fingerprint density at radius 1 is 1.06 bits per heavy atom. The van der Waals surface area contributed by atoms with Gasteiger partial charge in [0.05, 0.1) is 45.7 Å². The van der Waals surface area contributed by atoms with Crippen molar-refractivity contribution < 1.29 is 37.1 Å². The van der Waals surface area contributed by atoms with Gasteiger partial charge >= 0.3 is 0 Å². The molecule has 1 amide bonds. The Morgan fingerprint density at radius 3 is 2.45 bits per heavy atom. The maximum Gasteiger partial charge on any atom is 0.230 e. The molecule has 0 radical (unpaired) electrons. The Balaban J connectivity index is 0.00000341. The van der Waals surface area contributed by atoms with Gasteiger partial charge in [0, 0.05) is 16.5 Å². The zero-order chi connectivity index (χ0) is 21.7. The van der Waals surface area contributed by atoms with E-state index in [2.05, 4.69) is 15.4 Å². The van der Waals surface area contributed by atoms with Crippen LogP contribution >= 0.6 is 11.5 Å². The number of nitrogens with zero attached hydrogens (tertiary/aromatic N) is 1. The molecule has 0 unspecified atom stereocenters. The highest BCUT2D eigenvalue weighted by Gasteiger charge is 2.17. The van der Waals surface area contributed by atoms with Gasteiger partial charge in [0.25, 0.3) is 0 Å². The summed E-state index contributed by atoms with van der Waals surface area (Å²) in [6, 6.07) is 9.65. The van der Waals surface area contributed by atoms with E-state index < -0.39 is 0 Å². The fraction of sp³-hybridized carbons (Fsp3) is 0.273. The van der Waals surface area contributed by atoms with Crippen LogP contribution in [0.25, 0.3) is 22.4 Å².